The maximum Gasteiger partial charge on any atom is 0.257 e. The summed E-state index contributed by atoms with van der Waals surface area (Å²) in [6, 6.07) is 16.9. The van der Waals surface area contributed by atoms with E-state index in [4.69, 9.17) is 15.0 Å². The van der Waals surface area contributed by atoms with E-state index in [1.54, 1.807) is 35.3 Å². The number of nitrogens with zero attached hydrogens (tertiary/aromatic N) is 5. The Morgan fingerprint density at radius 1 is 1.27 bits per heavy atom. The van der Waals surface area contributed by atoms with Crippen LogP contribution in [0.25, 0.3) is 11.3 Å². The van der Waals surface area contributed by atoms with Crippen LogP contribution in [-0.2, 0) is 24.1 Å². The molecule has 9 heteroatoms. The summed E-state index contributed by atoms with van der Waals surface area (Å²) >= 11 is 1.60. The van der Waals surface area contributed by atoms with Crippen LogP contribution in [0.3, 0.4) is 0 Å². The van der Waals surface area contributed by atoms with Crippen molar-refractivity contribution in [3.05, 3.63) is 82.0 Å². The van der Waals surface area contributed by atoms with Crippen molar-refractivity contribution in [3.8, 4) is 17.3 Å². The van der Waals surface area contributed by atoms with Crippen LogP contribution < -0.4 is 5.32 Å². The zero-order valence-corrected chi connectivity index (χ0v) is 21.5. The molecule has 2 aromatic heterocycles. The predicted octanol–water partition coefficient (Wildman–Crippen LogP) is 5.11. The average Bonchev–Trinajstić information content (AvgIpc) is 3.55. The van der Waals surface area contributed by atoms with Gasteiger partial charge in [0.25, 0.3) is 5.91 Å². The van der Waals surface area contributed by atoms with Gasteiger partial charge < -0.3 is 4.74 Å². The summed E-state index contributed by atoms with van der Waals surface area (Å²) in [4.78, 5) is 19.0. The summed E-state index contributed by atoms with van der Waals surface area (Å²) in [6.45, 7) is 1.29. The molecule has 37 heavy (non-hydrogen) atoms. The lowest BCUT2D eigenvalue weighted by Gasteiger charge is -2.20. The van der Waals surface area contributed by atoms with E-state index in [-0.39, 0.29) is 5.91 Å². The van der Waals surface area contributed by atoms with Gasteiger partial charge in [-0.05, 0) is 67.9 Å². The number of rotatable bonds is 9. The molecular formula is C28H28N6O2S. The molecule has 8 nitrogen and oxygen atoms in total. The van der Waals surface area contributed by atoms with E-state index in [2.05, 4.69) is 21.7 Å². The largest absolute Gasteiger partial charge is 0.385 e. The quantitative estimate of drug-likeness (QED) is 0.313. The Kier molecular flexibility index (Phi) is 7.68. The number of amides is 1. The number of methoxy groups -OCH3 is 1. The van der Waals surface area contributed by atoms with Gasteiger partial charge in [0.05, 0.1) is 30.1 Å². The third-order valence-corrected chi connectivity index (χ3v) is 7.64. The summed E-state index contributed by atoms with van der Waals surface area (Å²) < 4.78 is 6.92. The van der Waals surface area contributed by atoms with Gasteiger partial charge in [-0.15, -0.1) is 16.4 Å². The molecule has 0 saturated heterocycles. The molecule has 188 valence electrons. The molecule has 1 atom stereocenters. The molecule has 2 aromatic carbocycles. The highest BCUT2D eigenvalue weighted by Gasteiger charge is 2.23. The lowest BCUT2D eigenvalue weighted by atomic mass is 9.88. The van der Waals surface area contributed by atoms with Crippen molar-refractivity contribution in [1.82, 2.24) is 20.0 Å². The standard InChI is InChI=1S/C28H28N6O2S/c1-36-13-3-5-19-9-12-24-26(15-19)37-28(30-24)31-27(35)23-6-2-4-21(14-23)17-34-18-25(32-33-34)22-10-7-20(16-29)8-11-22/h2,4,6-8,10-11,14,18-19H,3,5,9,12-13,15,17H2,1H3,(H,30,31,35)/t19-/m1/s1. The number of nitriles is 1. The first-order valence-corrected chi connectivity index (χ1v) is 13.2. The smallest absolute Gasteiger partial charge is 0.257 e. The van der Waals surface area contributed by atoms with Crippen molar-refractivity contribution >= 4 is 22.4 Å². The number of anilines is 1. The second-order valence-corrected chi connectivity index (χ2v) is 10.4. The molecule has 1 aliphatic carbocycles. The molecule has 0 unspecified atom stereocenters. The number of thiazole rings is 1. The number of carbonyl (C=O) groups is 1. The van der Waals surface area contributed by atoms with Gasteiger partial charge in [-0.2, -0.15) is 5.26 Å². The first-order valence-electron chi connectivity index (χ1n) is 12.4. The lowest BCUT2D eigenvalue weighted by Crippen LogP contribution is -2.14. The minimum absolute atomic E-state index is 0.165. The topological polar surface area (TPSA) is 106 Å². The number of hydrogen-bond acceptors (Lipinski definition) is 7. The van der Waals surface area contributed by atoms with Crippen molar-refractivity contribution in [2.24, 2.45) is 5.92 Å². The van der Waals surface area contributed by atoms with Crippen LogP contribution in [0, 0.1) is 17.2 Å². The van der Waals surface area contributed by atoms with Gasteiger partial charge >= 0.3 is 0 Å². The molecule has 4 aromatic rings. The SMILES string of the molecule is COCCC[C@@H]1CCc2nc(NC(=O)c3cccc(Cn4cc(-c5ccc(C#N)cc5)nn4)c3)sc2C1. The average molecular weight is 513 g/mol. The van der Waals surface area contributed by atoms with Crippen molar-refractivity contribution in [1.29, 1.82) is 5.26 Å². The minimum atomic E-state index is -0.165. The van der Waals surface area contributed by atoms with E-state index in [0.717, 1.165) is 54.8 Å². The Balaban J connectivity index is 1.21. The van der Waals surface area contributed by atoms with Crippen LogP contribution in [-0.4, -0.2) is 39.6 Å². The number of nitrogens with one attached hydrogen (secondary N) is 1. The molecule has 5 rings (SSSR count). The fourth-order valence-corrected chi connectivity index (χ4v) is 5.77. The lowest BCUT2D eigenvalue weighted by molar-refractivity contribution is 0.102. The van der Waals surface area contributed by atoms with Gasteiger partial charge in [0.1, 0.15) is 5.69 Å². The second kappa shape index (κ2) is 11.5. The van der Waals surface area contributed by atoms with Gasteiger partial charge in [-0.25, -0.2) is 9.67 Å². The molecule has 0 radical (unpaired) electrons. The highest BCUT2D eigenvalue weighted by Crippen LogP contribution is 2.34. The van der Waals surface area contributed by atoms with Crippen molar-refractivity contribution < 1.29 is 9.53 Å². The van der Waals surface area contributed by atoms with Crippen LogP contribution in [0.15, 0.2) is 54.7 Å². The van der Waals surface area contributed by atoms with Gasteiger partial charge in [0, 0.05) is 29.7 Å². The summed E-state index contributed by atoms with van der Waals surface area (Å²) in [7, 11) is 1.75. The highest BCUT2D eigenvalue weighted by molar-refractivity contribution is 7.15. The Morgan fingerprint density at radius 3 is 2.95 bits per heavy atom. The van der Waals surface area contributed by atoms with Gasteiger partial charge in [0.2, 0.25) is 0 Å². The van der Waals surface area contributed by atoms with Crippen LogP contribution >= 0.6 is 11.3 Å². The highest BCUT2D eigenvalue weighted by atomic mass is 32.1. The number of benzene rings is 2. The number of aryl methyl sites for hydroxylation is 1. The summed E-state index contributed by atoms with van der Waals surface area (Å²) in [5.41, 5.74) is 4.88. The number of carbonyl (C=O) groups excluding carboxylic acids is 1. The van der Waals surface area contributed by atoms with E-state index in [9.17, 15) is 4.79 Å². The molecule has 0 bridgehead atoms. The molecule has 1 N–H and O–H groups in total. The number of hydrogen-bond donors (Lipinski definition) is 1. The van der Waals surface area contributed by atoms with Crippen LogP contribution in [0.4, 0.5) is 5.13 Å². The molecular weight excluding hydrogens is 484 g/mol. The van der Waals surface area contributed by atoms with Crippen molar-refractivity contribution in [3.63, 3.8) is 0 Å². The molecule has 2 heterocycles. The molecule has 1 amide bonds. The Hall–Kier alpha value is -3.87. The summed E-state index contributed by atoms with van der Waals surface area (Å²) in [6.07, 6.45) is 7.25. The summed E-state index contributed by atoms with van der Waals surface area (Å²) in [5.74, 6) is 0.499. The van der Waals surface area contributed by atoms with Crippen LogP contribution in [0.5, 0.6) is 0 Å². The Morgan fingerprint density at radius 2 is 2.14 bits per heavy atom. The Bertz CT molecular complexity index is 1420. The minimum Gasteiger partial charge on any atom is -0.385 e. The number of aromatic nitrogens is 4. The van der Waals surface area contributed by atoms with E-state index in [1.165, 1.54) is 11.3 Å². The zero-order valence-electron chi connectivity index (χ0n) is 20.7. The Labute approximate surface area is 219 Å². The molecule has 0 aliphatic heterocycles. The van der Waals surface area contributed by atoms with Gasteiger partial charge in [-0.3, -0.25) is 10.1 Å². The second-order valence-electron chi connectivity index (χ2n) is 9.28. The predicted molar refractivity (Wildman–Crippen MR) is 142 cm³/mol. The third-order valence-electron chi connectivity index (χ3n) is 6.61. The molecule has 0 spiro atoms. The molecule has 0 fully saturated rings. The van der Waals surface area contributed by atoms with E-state index >= 15 is 0 Å². The number of ether oxygens (including phenoxy) is 1. The van der Waals surface area contributed by atoms with Gasteiger partial charge in [-0.1, -0.05) is 29.5 Å². The van der Waals surface area contributed by atoms with Crippen molar-refractivity contribution in [2.45, 2.75) is 38.6 Å². The van der Waals surface area contributed by atoms with E-state index in [0.29, 0.717) is 28.7 Å². The maximum atomic E-state index is 13.0. The molecule has 1 aliphatic rings. The molecule has 0 saturated carbocycles. The van der Waals surface area contributed by atoms with E-state index in [1.807, 2.05) is 42.6 Å². The van der Waals surface area contributed by atoms with E-state index < -0.39 is 0 Å². The maximum absolute atomic E-state index is 13.0. The monoisotopic (exact) mass is 512 g/mol. The summed E-state index contributed by atoms with van der Waals surface area (Å²) in [5, 5.41) is 21.1. The first-order chi connectivity index (χ1) is 18.1. The van der Waals surface area contributed by atoms with Crippen LogP contribution in [0.1, 0.15) is 51.3 Å². The zero-order chi connectivity index (χ0) is 25.6. The van der Waals surface area contributed by atoms with Crippen LogP contribution in [0.2, 0.25) is 0 Å². The number of fused-ring (bicyclic) bond motifs is 1. The fourth-order valence-electron chi connectivity index (χ4n) is 4.65. The normalized spacial score (nSPS) is 14.6. The van der Waals surface area contributed by atoms with Crippen molar-refractivity contribution in [2.75, 3.05) is 19.0 Å². The first kappa shape index (κ1) is 24.8. The van der Waals surface area contributed by atoms with Gasteiger partial charge in [0.15, 0.2) is 5.13 Å². The third kappa shape index (κ3) is 6.10. The fraction of sp³-hybridized carbons (Fsp3) is 0.321.